The summed E-state index contributed by atoms with van der Waals surface area (Å²) in [6, 6.07) is 31.8. The topological polar surface area (TPSA) is 38.3 Å². The SMILES string of the molecule is CCOc1ccc(C(CC(=O)c2ccc3ccccc3c2)Nc2ccccc2)cc1. The minimum atomic E-state index is -0.137. The van der Waals surface area contributed by atoms with Crippen LogP contribution in [0.5, 0.6) is 5.75 Å². The molecule has 1 atom stereocenters. The summed E-state index contributed by atoms with van der Waals surface area (Å²) in [6.45, 7) is 2.60. The lowest BCUT2D eigenvalue weighted by atomic mass is 9.96. The highest BCUT2D eigenvalue weighted by Crippen LogP contribution is 2.27. The minimum absolute atomic E-state index is 0.114. The summed E-state index contributed by atoms with van der Waals surface area (Å²) >= 11 is 0. The standard InChI is InChI=1S/C27H25NO2/c1-2-30-25-16-14-21(15-17-25)26(28-24-10-4-3-5-11-24)19-27(29)23-13-12-20-8-6-7-9-22(20)18-23/h3-18,26,28H,2,19H2,1H3. The van der Waals surface area contributed by atoms with Gasteiger partial charge < -0.3 is 10.1 Å². The van der Waals surface area contributed by atoms with Crippen LogP contribution in [0.2, 0.25) is 0 Å². The highest BCUT2D eigenvalue weighted by molar-refractivity contribution is 6.00. The number of hydrogen-bond donors (Lipinski definition) is 1. The van der Waals surface area contributed by atoms with Crippen LogP contribution in [0.15, 0.2) is 97.1 Å². The first-order valence-corrected chi connectivity index (χ1v) is 10.3. The van der Waals surface area contributed by atoms with E-state index in [9.17, 15) is 4.79 Å². The molecule has 1 unspecified atom stereocenters. The van der Waals surface area contributed by atoms with Gasteiger partial charge in [-0.3, -0.25) is 4.79 Å². The van der Waals surface area contributed by atoms with Gasteiger partial charge in [0.1, 0.15) is 5.75 Å². The molecular weight excluding hydrogens is 370 g/mol. The van der Waals surface area contributed by atoms with Crippen LogP contribution in [0.4, 0.5) is 5.69 Å². The maximum Gasteiger partial charge on any atom is 0.165 e. The number of anilines is 1. The predicted octanol–water partition coefficient (Wildman–Crippen LogP) is 6.66. The van der Waals surface area contributed by atoms with Gasteiger partial charge in [0.15, 0.2) is 5.78 Å². The number of Topliss-reactive ketones (excluding diaryl/α,β-unsaturated/α-hetero) is 1. The summed E-state index contributed by atoms with van der Waals surface area (Å²) in [7, 11) is 0. The van der Waals surface area contributed by atoms with Crippen LogP contribution in [-0.2, 0) is 0 Å². The van der Waals surface area contributed by atoms with Crippen LogP contribution < -0.4 is 10.1 Å². The summed E-state index contributed by atoms with van der Waals surface area (Å²) in [5.74, 6) is 0.948. The number of nitrogens with one attached hydrogen (secondary N) is 1. The number of fused-ring (bicyclic) bond motifs is 1. The number of carbonyl (C=O) groups is 1. The van der Waals surface area contributed by atoms with E-state index in [0.29, 0.717) is 13.0 Å². The van der Waals surface area contributed by atoms with Crippen molar-refractivity contribution >= 4 is 22.2 Å². The van der Waals surface area contributed by atoms with E-state index in [1.807, 2.05) is 97.9 Å². The zero-order valence-electron chi connectivity index (χ0n) is 17.0. The molecule has 3 heteroatoms. The molecule has 0 aromatic heterocycles. The highest BCUT2D eigenvalue weighted by Gasteiger charge is 2.18. The fourth-order valence-corrected chi connectivity index (χ4v) is 3.62. The fraction of sp³-hybridized carbons (Fsp3) is 0.148. The molecule has 0 bridgehead atoms. The first-order valence-electron chi connectivity index (χ1n) is 10.3. The Morgan fingerprint density at radius 1 is 0.833 bits per heavy atom. The lowest BCUT2D eigenvalue weighted by Gasteiger charge is -2.20. The maximum absolute atomic E-state index is 13.2. The van der Waals surface area contributed by atoms with Gasteiger partial charge in [-0.25, -0.2) is 0 Å². The monoisotopic (exact) mass is 395 g/mol. The van der Waals surface area contributed by atoms with Crippen LogP contribution >= 0.6 is 0 Å². The second kappa shape index (κ2) is 9.27. The molecule has 150 valence electrons. The zero-order chi connectivity index (χ0) is 20.8. The molecule has 3 nitrogen and oxygen atoms in total. The molecule has 30 heavy (non-hydrogen) atoms. The van der Waals surface area contributed by atoms with Gasteiger partial charge in [0.2, 0.25) is 0 Å². The molecule has 0 radical (unpaired) electrons. The van der Waals surface area contributed by atoms with E-state index >= 15 is 0 Å². The van der Waals surface area contributed by atoms with Crippen molar-refractivity contribution in [3.8, 4) is 5.75 Å². The molecule has 0 saturated carbocycles. The lowest BCUT2D eigenvalue weighted by Crippen LogP contribution is -2.16. The van der Waals surface area contributed by atoms with E-state index in [1.165, 1.54) is 0 Å². The van der Waals surface area contributed by atoms with E-state index in [4.69, 9.17) is 4.74 Å². The molecule has 0 heterocycles. The Kier molecular flexibility index (Phi) is 6.09. The second-order valence-electron chi connectivity index (χ2n) is 7.25. The third-order valence-corrected chi connectivity index (χ3v) is 5.17. The Morgan fingerprint density at radius 3 is 2.27 bits per heavy atom. The Morgan fingerprint density at radius 2 is 1.53 bits per heavy atom. The van der Waals surface area contributed by atoms with Crippen molar-refractivity contribution in [1.29, 1.82) is 0 Å². The zero-order valence-corrected chi connectivity index (χ0v) is 17.0. The molecule has 0 aliphatic heterocycles. The molecule has 4 aromatic carbocycles. The molecule has 0 saturated heterocycles. The van der Waals surface area contributed by atoms with Gasteiger partial charge in [-0.15, -0.1) is 0 Å². The average molecular weight is 396 g/mol. The van der Waals surface area contributed by atoms with E-state index in [0.717, 1.165) is 33.3 Å². The van der Waals surface area contributed by atoms with E-state index in [-0.39, 0.29) is 11.8 Å². The largest absolute Gasteiger partial charge is 0.494 e. The van der Waals surface area contributed by atoms with Crippen molar-refractivity contribution in [2.75, 3.05) is 11.9 Å². The van der Waals surface area contributed by atoms with Crippen LogP contribution in [0.25, 0.3) is 10.8 Å². The Labute approximate surface area is 177 Å². The van der Waals surface area contributed by atoms with Crippen molar-refractivity contribution in [2.24, 2.45) is 0 Å². The average Bonchev–Trinajstić information content (AvgIpc) is 2.80. The van der Waals surface area contributed by atoms with Gasteiger partial charge in [0.05, 0.1) is 12.6 Å². The molecule has 4 rings (SSSR count). The third-order valence-electron chi connectivity index (χ3n) is 5.17. The summed E-state index contributed by atoms with van der Waals surface area (Å²) < 4.78 is 5.56. The van der Waals surface area contributed by atoms with Crippen molar-refractivity contribution in [1.82, 2.24) is 0 Å². The van der Waals surface area contributed by atoms with Crippen molar-refractivity contribution in [3.63, 3.8) is 0 Å². The van der Waals surface area contributed by atoms with Crippen molar-refractivity contribution in [2.45, 2.75) is 19.4 Å². The number of para-hydroxylation sites is 1. The number of hydrogen-bond acceptors (Lipinski definition) is 3. The van der Waals surface area contributed by atoms with Crippen LogP contribution in [0.3, 0.4) is 0 Å². The summed E-state index contributed by atoms with van der Waals surface area (Å²) in [5.41, 5.74) is 2.78. The number of benzene rings is 4. The number of ether oxygens (including phenoxy) is 1. The van der Waals surface area contributed by atoms with E-state index in [1.54, 1.807) is 0 Å². The van der Waals surface area contributed by atoms with Crippen molar-refractivity contribution < 1.29 is 9.53 Å². The Bertz CT molecular complexity index is 1120. The summed E-state index contributed by atoms with van der Waals surface area (Å²) in [6.07, 6.45) is 0.362. The van der Waals surface area contributed by atoms with Crippen LogP contribution in [0, 0.1) is 0 Å². The molecule has 0 amide bonds. The quantitative estimate of drug-likeness (QED) is 0.339. The van der Waals surface area contributed by atoms with Gasteiger partial charge in [0, 0.05) is 17.7 Å². The van der Waals surface area contributed by atoms with Gasteiger partial charge in [0.25, 0.3) is 0 Å². The smallest absolute Gasteiger partial charge is 0.165 e. The molecular formula is C27H25NO2. The molecule has 1 N–H and O–H groups in total. The van der Waals surface area contributed by atoms with Gasteiger partial charge in [-0.1, -0.05) is 66.7 Å². The molecule has 0 spiro atoms. The Balaban J connectivity index is 1.59. The first-order chi connectivity index (χ1) is 14.7. The Hall–Kier alpha value is -3.59. The normalized spacial score (nSPS) is 11.8. The molecule has 0 fully saturated rings. The molecule has 4 aromatic rings. The maximum atomic E-state index is 13.2. The summed E-state index contributed by atoms with van der Waals surface area (Å²) in [5, 5.41) is 5.74. The summed E-state index contributed by atoms with van der Waals surface area (Å²) in [4.78, 5) is 13.2. The highest BCUT2D eigenvalue weighted by atomic mass is 16.5. The van der Waals surface area contributed by atoms with Crippen LogP contribution in [-0.4, -0.2) is 12.4 Å². The molecule has 0 aliphatic rings. The predicted molar refractivity (Wildman–Crippen MR) is 123 cm³/mol. The minimum Gasteiger partial charge on any atom is -0.494 e. The van der Waals surface area contributed by atoms with Gasteiger partial charge in [-0.2, -0.15) is 0 Å². The molecule has 0 aliphatic carbocycles. The lowest BCUT2D eigenvalue weighted by molar-refractivity contribution is 0.0976. The van der Waals surface area contributed by atoms with E-state index < -0.39 is 0 Å². The van der Waals surface area contributed by atoms with E-state index in [2.05, 4.69) is 11.4 Å². The fourth-order valence-electron chi connectivity index (χ4n) is 3.62. The third kappa shape index (κ3) is 4.69. The first kappa shape index (κ1) is 19.7. The number of carbonyl (C=O) groups excluding carboxylic acids is 1. The van der Waals surface area contributed by atoms with Gasteiger partial charge >= 0.3 is 0 Å². The van der Waals surface area contributed by atoms with Crippen molar-refractivity contribution in [3.05, 3.63) is 108 Å². The number of ketones is 1. The number of rotatable bonds is 8. The van der Waals surface area contributed by atoms with Crippen LogP contribution in [0.1, 0.15) is 35.3 Å². The second-order valence-corrected chi connectivity index (χ2v) is 7.25. The van der Waals surface area contributed by atoms with Gasteiger partial charge in [-0.05, 0) is 53.6 Å².